The molecule has 2 rings (SSSR count). The third-order valence-electron chi connectivity index (χ3n) is 1.57. The van der Waals surface area contributed by atoms with E-state index in [1.807, 2.05) is 0 Å². The number of hydrogen-bond donors (Lipinski definition) is 0. The van der Waals surface area contributed by atoms with E-state index >= 15 is 0 Å². The Balaban J connectivity index is 2.14. The van der Waals surface area contributed by atoms with Crippen LogP contribution in [0, 0.1) is 0 Å². The Kier molecular flexibility index (Phi) is 0.577. The van der Waals surface area contributed by atoms with Crippen LogP contribution in [0.3, 0.4) is 0 Å². The SMILES string of the molecule is C1=C[C@H]2O[C@H]2CC1. The van der Waals surface area contributed by atoms with Crippen LogP contribution in [0.2, 0.25) is 0 Å². The zero-order valence-corrected chi connectivity index (χ0v) is 4.13. The highest BCUT2D eigenvalue weighted by molar-refractivity contribution is 5.07. The van der Waals surface area contributed by atoms with E-state index in [-0.39, 0.29) is 0 Å². The second kappa shape index (κ2) is 1.10. The molecule has 0 spiro atoms. The van der Waals surface area contributed by atoms with E-state index in [0.717, 1.165) is 0 Å². The van der Waals surface area contributed by atoms with E-state index in [1.54, 1.807) is 0 Å². The van der Waals surface area contributed by atoms with E-state index in [0.29, 0.717) is 12.2 Å². The molecule has 0 N–H and O–H groups in total. The van der Waals surface area contributed by atoms with Crippen LogP contribution >= 0.6 is 0 Å². The zero-order chi connectivity index (χ0) is 4.69. The summed E-state index contributed by atoms with van der Waals surface area (Å²) in [6.45, 7) is 0. The molecule has 1 nitrogen and oxygen atoms in total. The lowest BCUT2D eigenvalue weighted by molar-refractivity contribution is 0.385. The number of rotatable bonds is 0. The van der Waals surface area contributed by atoms with Crippen molar-refractivity contribution in [3.05, 3.63) is 12.2 Å². The quantitative estimate of drug-likeness (QED) is 0.325. The van der Waals surface area contributed by atoms with Crippen LogP contribution in [0.15, 0.2) is 12.2 Å². The number of hydrogen-bond acceptors (Lipinski definition) is 1. The van der Waals surface area contributed by atoms with E-state index in [2.05, 4.69) is 12.2 Å². The Morgan fingerprint density at radius 2 is 2.57 bits per heavy atom. The normalized spacial score (nSPS) is 45.7. The van der Waals surface area contributed by atoms with Crippen LogP contribution in [0.1, 0.15) is 12.8 Å². The minimum atomic E-state index is 0.522. The van der Waals surface area contributed by atoms with Crippen LogP contribution in [-0.2, 0) is 4.74 Å². The van der Waals surface area contributed by atoms with Gasteiger partial charge in [-0.05, 0) is 12.8 Å². The molecule has 2 atom stereocenters. The topological polar surface area (TPSA) is 12.5 Å². The lowest BCUT2D eigenvalue weighted by Crippen LogP contribution is -1.93. The molecule has 1 aliphatic carbocycles. The summed E-state index contributed by atoms with van der Waals surface area (Å²) in [7, 11) is 0. The van der Waals surface area contributed by atoms with Crippen LogP contribution in [-0.4, -0.2) is 12.2 Å². The van der Waals surface area contributed by atoms with Gasteiger partial charge in [-0.2, -0.15) is 0 Å². The number of epoxide rings is 1. The second-order valence-electron chi connectivity index (χ2n) is 2.14. The monoisotopic (exact) mass is 96.1 g/mol. The van der Waals surface area contributed by atoms with Crippen LogP contribution in [0.4, 0.5) is 0 Å². The summed E-state index contributed by atoms with van der Waals surface area (Å²) in [6.07, 6.45) is 7.98. The summed E-state index contributed by atoms with van der Waals surface area (Å²) < 4.78 is 5.19. The highest BCUT2D eigenvalue weighted by Gasteiger charge is 2.37. The maximum atomic E-state index is 5.19. The van der Waals surface area contributed by atoms with Gasteiger partial charge in [-0.3, -0.25) is 0 Å². The molecule has 2 aliphatic rings. The van der Waals surface area contributed by atoms with Gasteiger partial charge >= 0.3 is 0 Å². The lowest BCUT2D eigenvalue weighted by Gasteiger charge is -1.91. The first-order chi connectivity index (χ1) is 3.47. The summed E-state index contributed by atoms with van der Waals surface area (Å²) in [5.74, 6) is 0. The van der Waals surface area contributed by atoms with Crippen molar-refractivity contribution in [2.45, 2.75) is 25.0 Å². The average molecular weight is 96.1 g/mol. The zero-order valence-electron chi connectivity index (χ0n) is 4.13. The predicted octanol–water partition coefficient (Wildman–Crippen LogP) is 1.10. The molecule has 0 unspecified atom stereocenters. The third kappa shape index (κ3) is 0.484. The molecule has 38 valence electrons. The molecule has 1 saturated heterocycles. The number of fused-ring (bicyclic) bond motifs is 1. The van der Waals surface area contributed by atoms with Crippen molar-refractivity contribution in [3.63, 3.8) is 0 Å². The van der Waals surface area contributed by atoms with Gasteiger partial charge in [0.05, 0.1) is 6.10 Å². The minimum absolute atomic E-state index is 0.522. The van der Waals surface area contributed by atoms with Gasteiger partial charge in [-0.25, -0.2) is 0 Å². The molecule has 1 heterocycles. The van der Waals surface area contributed by atoms with Gasteiger partial charge < -0.3 is 4.74 Å². The maximum Gasteiger partial charge on any atom is 0.102 e. The molecule has 0 bridgehead atoms. The van der Waals surface area contributed by atoms with Crippen LogP contribution in [0.25, 0.3) is 0 Å². The molecule has 0 aromatic rings. The van der Waals surface area contributed by atoms with Crippen molar-refractivity contribution >= 4 is 0 Å². The summed E-state index contributed by atoms with van der Waals surface area (Å²) in [4.78, 5) is 0. The number of allylic oxidation sites excluding steroid dienone is 1. The van der Waals surface area contributed by atoms with E-state index < -0.39 is 0 Å². The Bertz CT molecular complexity index is 107. The van der Waals surface area contributed by atoms with Gasteiger partial charge in [0.2, 0.25) is 0 Å². The summed E-state index contributed by atoms with van der Waals surface area (Å²) in [5.41, 5.74) is 0. The first-order valence-corrected chi connectivity index (χ1v) is 2.79. The molecule has 0 amide bonds. The molecule has 1 aliphatic heterocycles. The largest absolute Gasteiger partial charge is 0.365 e. The fourth-order valence-corrected chi connectivity index (χ4v) is 1.05. The van der Waals surface area contributed by atoms with Gasteiger partial charge in [0.25, 0.3) is 0 Å². The van der Waals surface area contributed by atoms with Crippen LogP contribution < -0.4 is 0 Å². The molecular weight excluding hydrogens is 88.1 g/mol. The first kappa shape index (κ1) is 3.67. The molecule has 0 radical (unpaired) electrons. The summed E-state index contributed by atoms with van der Waals surface area (Å²) in [6, 6.07) is 0. The van der Waals surface area contributed by atoms with Crippen molar-refractivity contribution in [2.24, 2.45) is 0 Å². The van der Waals surface area contributed by atoms with Crippen LogP contribution in [0.5, 0.6) is 0 Å². The molecule has 1 fully saturated rings. The molecule has 1 heteroatoms. The average Bonchev–Trinajstić information content (AvgIpc) is 2.41. The minimum Gasteiger partial charge on any atom is -0.365 e. The van der Waals surface area contributed by atoms with Crippen molar-refractivity contribution in [3.8, 4) is 0 Å². The van der Waals surface area contributed by atoms with Crippen molar-refractivity contribution in [1.82, 2.24) is 0 Å². The Morgan fingerprint density at radius 3 is 3.14 bits per heavy atom. The summed E-state index contributed by atoms with van der Waals surface area (Å²) >= 11 is 0. The maximum absolute atomic E-state index is 5.19. The molecular formula is C6H8O. The third-order valence-corrected chi connectivity index (χ3v) is 1.57. The van der Waals surface area contributed by atoms with E-state index in [4.69, 9.17) is 4.74 Å². The molecule has 0 saturated carbocycles. The van der Waals surface area contributed by atoms with Crippen molar-refractivity contribution in [2.75, 3.05) is 0 Å². The standard InChI is InChI=1S/C6H8O/c1-2-4-6-5(3-1)7-6/h1,3,5-6H,2,4H2/t5-,6+/m1/s1. The molecule has 0 aromatic heterocycles. The lowest BCUT2D eigenvalue weighted by atomic mass is 10.1. The Labute approximate surface area is 43.0 Å². The second-order valence-corrected chi connectivity index (χ2v) is 2.14. The van der Waals surface area contributed by atoms with Gasteiger partial charge in [0.1, 0.15) is 6.10 Å². The van der Waals surface area contributed by atoms with Gasteiger partial charge in [0, 0.05) is 0 Å². The highest BCUT2D eigenvalue weighted by Crippen LogP contribution is 2.31. The van der Waals surface area contributed by atoms with Crippen molar-refractivity contribution < 1.29 is 4.74 Å². The Hall–Kier alpha value is -0.300. The number of ether oxygens (including phenoxy) is 1. The highest BCUT2D eigenvalue weighted by atomic mass is 16.6. The Morgan fingerprint density at radius 1 is 1.57 bits per heavy atom. The van der Waals surface area contributed by atoms with E-state index in [1.165, 1.54) is 12.8 Å². The molecule has 0 aromatic carbocycles. The predicted molar refractivity (Wildman–Crippen MR) is 27.0 cm³/mol. The molecule has 7 heavy (non-hydrogen) atoms. The smallest absolute Gasteiger partial charge is 0.102 e. The van der Waals surface area contributed by atoms with Gasteiger partial charge in [0.15, 0.2) is 0 Å². The fraction of sp³-hybridized carbons (Fsp3) is 0.667. The van der Waals surface area contributed by atoms with Crippen molar-refractivity contribution in [1.29, 1.82) is 0 Å². The summed E-state index contributed by atoms with van der Waals surface area (Å²) in [5, 5.41) is 0. The van der Waals surface area contributed by atoms with Gasteiger partial charge in [-0.15, -0.1) is 0 Å². The fourth-order valence-electron chi connectivity index (χ4n) is 1.05. The van der Waals surface area contributed by atoms with E-state index in [9.17, 15) is 0 Å². The first-order valence-electron chi connectivity index (χ1n) is 2.79. The van der Waals surface area contributed by atoms with Gasteiger partial charge in [-0.1, -0.05) is 12.2 Å².